The number of aliphatic hydroxyl groups excluding tert-OH is 1. The monoisotopic (exact) mass is 220 g/mol. The molecule has 1 N–H and O–H groups in total. The Balaban J connectivity index is 2.00. The molecule has 0 bridgehead atoms. The number of aliphatic hydroxyl groups is 1. The fraction of sp³-hybridized carbons (Fsp3) is 0.571. The van der Waals surface area contributed by atoms with Crippen LogP contribution >= 0.6 is 0 Å². The summed E-state index contributed by atoms with van der Waals surface area (Å²) in [4.78, 5) is 0. The number of hydrogen-bond acceptors (Lipinski definition) is 2. The van der Waals surface area contributed by atoms with Gasteiger partial charge in [-0.3, -0.25) is 0 Å². The summed E-state index contributed by atoms with van der Waals surface area (Å²) < 4.78 is 6.00. The Labute approximate surface area is 97.3 Å². The number of ether oxygens (including phenoxy) is 1. The number of benzene rings is 1. The van der Waals surface area contributed by atoms with E-state index in [1.165, 1.54) is 11.1 Å². The molecule has 0 radical (unpaired) electrons. The maximum atomic E-state index is 9.44. The van der Waals surface area contributed by atoms with Crippen LogP contribution in [0.5, 0.6) is 5.75 Å². The van der Waals surface area contributed by atoms with Crippen LogP contribution in [0.3, 0.4) is 0 Å². The second-order valence-electron chi connectivity index (χ2n) is 4.82. The molecule has 0 atom stereocenters. The summed E-state index contributed by atoms with van der Waals surface area (Å²) in [6.45, 7) is 4.16. The van der Waals surface area contributed by atoms with Gasteiger partial charge in [-0.15, -0.1) is 0 Å². The minimum Gasteiger partial charge on any atom is -0.490 e. The van der Waals surface area contributed by atoms with Crippen LogP contribution in [0.25, 0.3) is 0 Å². The summed E-state index contributed by atoms with van der Waals surface area (Å²) in [5, 5.41) is 9.44. The highest BCUT2D eigenvalue weighted by Gasteiger charge is 2.20. The lowest BCUT2D eigenvalue weighted by Crippen LogP contribution is -2.26. The molecule has 0 amide bonds. The average Bonchev–Trinajstić information content (AvgIpc) is 2.27. The van der Waals surface area contributed by atoms with Gasteiger partial charge >= 0.3 is 0 Å². The van der Waals surface area contributed by atoms with E-state index in [-0.39, 0.29) is 12.2 Å². The van der Waals surface area contributed by atoms with Crippen molar-refractivity contribution in [1.82, 2.24) is 0 Å². The van der Waals surface area contributed by atoms with Gasteiger partial charge < -0.3 is 9.84 Å². The fourth-order valence-electron chi connectivity index (χ4n) is 2.18. The first kappa shape index (κ1) is 11.5. The van der Waals surface area contributed by atoms with Crippen LogP contribution in [0.4, 0.5) is 0 Å². The highest BCUT2D eigenvalue weighted by Crippen LogP contribution is 2.26. The van der Waals surface area contributed by atoms with Crippen molar-refractivity contribution >= 4 is 0 Å². The zero-order valence-corrected chi connectivity index (χ0v) is 10.1. The summed E-state index contributed by atoms with van der Waals surface area (Å²) in [5.41, 5.74) is 2.42. The Morgan fingerprint density at radius 2 is 1.81 bits per heavy atom. The molecule has 1 fully saturated rings. The van der Waals surface area contributed by atoms with Gasteiger partial charge in [0.1, 0.15) is 5.75 Å². The molecule has 2 nitrogen and oxygen atoms in total. The van der Waals surface area contributed by atoms with Crippen molar-refractivity contribution in [3.8, 4) is 5.75 Å². The van der Waals surface area contributed by atoms with Crippen LogP contribution in [0.15, 0.2) is 18.2 Å². The lowest BCUT2D eigenvalue weighted by Gasteiger charge is -2.26. The number of aryl methyl sites for hydroxylation is 2. The van der Waals surface area contributed by atoms with E-state index < -0.39 is 0 Å². The van der Waals surface area contributed by atoms with E-state index in [2.05, 4.69) is 32.0 Å². The Morgan fingerprint density at radius 1 is 1.12 bits per heavy atom. The van der Waals surface area contributed by atoms with Gasteiger partial charge in [0.2, 0.25) is 0 Å². The second-order valence-corrected chi connectivity index (χ2v) is 4.82. The predicted octanol–water partition coefficient (Wildman–Crippen LogP) is 2.99. The summed E-state index contributed by atoms with van der Waals surface area (Å²) in [5.74, 6) is 1.00. The fourth-order valence-corrected chi connectivity index (χ4v) is 2.18. The Bertz CT molecular complexity index is 352. The minimum absolute atomic E-state index is 0.113. The van der Waals surface area contributed by atoms with E-state index in [0.29, 0.717) is 0 Å². The van der Waals surface area contributed by atoms with Gasteiger partial charge in [-0.05, 0) is 56.7 Å². The molecular weight excluding hydrogens is 200 g/mol. The molecule has 88 valence electrons. The van der Waals surface area contributed by atoms with Gasteiger partial charge in [0.05, 0.1) is 12.2 Å². The molecule has 0 heterocycles. The quantitative estimate of drug-likeness (QED) is 0.830. The third-order valence-corrected chi connectivity index (χ3v) is 3.28. The normalized spacial score (nSPS) is 25.4. The SMILES string of the molecule is Cc1ccc(C)c(OC2CCC(O)CC2)c1. The maximum Gasteiger partial charge on any atom is 0.122 e. The number of rotatable bonds is 2. The van der Waals surface area contributed by atoms with E-state index in [0.717, 1.165) is 31.4 Å². The molecule has 16 heavy (non-hydrogen) atoms. The van der Waals surface area contributed by atoms with E-state index in [1.54, 1.807) is 0 Å². The van der Waals surface area contributed by atoms with Gasteiger partial charge in [-0.25, -0.2) is 0 Å². The van der Waals surface area contributed by atoms with Crippen molar-refractivity contribution in [2.75, 3.05) is 0 Å². The Morgan fingerprint density at radius 3 is 2.50 bits per heavy atom. The highest BCUT2D eigenvalue weighted by molar-refractivity contribution is 5.36. The zero-order chi connectivity index (χ0) is 11.5. The van der Waals surface area contributed by atoms with Crippen LogP contribution in [0.1, 0.15) is 36.8 Å². The molecule has 2 rings (SSSR count). The van der Waals surface area contributed by atoms with Crippen molar-refractivity contribution < 1.29 is 9.84 Å². The van der Waals surface area contributed by atoms with Crippen LogP contribution in [0.2, 0.25) is 0 Å². The molecule has 0 spiro atoms. The molecule has 1 aliphatic carbocycles. The predicted molar refractivity (Wildman–Crippen MR) is 64.8 cm³/mol. The van der Waals surface area contributed by atoms with Crippen LogP contribution in [0, 0.1) is 13.8 Å². The molecule has 2 heteroatoms. The zero-order valence-electron chi connectivity index (χ0n) is 10.1. The van der Waals surface area contributed by atoms with Gasteiger partial charge in [-0.1, -0.05) is 12.1 Å². The van der Waals surface area contributed by atoms with E-state index in [4.69, 9.17) is 4.74 Å². The Kier molecular flexibility index (Phi) is 3.49. The molecule has 0 aliphatic heterocycles. The van der Waals surface area contributed by atoms with Gasteiger partial charge in [0.25, 0.3) is 0 Å². The van der Waals surface area contributed by atoms with Crippen LogP contribution < -0.4 is 4.74 Å². The summed E-state index contributed by atoms with van der Waals surface area (Å²) in [6.07, 6.45) is 3.84. The summed E-state index contributed by atoms with van der Waals surface area (Å²) in [6, 6.07) is 6.30. The molecule has 1 aliphatic rings. The third-order valence-electron chi connectivity index (χ3n) is 3.28. The molecule has 0 unspecified atom stereocenters. The third kappa shape index (κ3) is 2.76. The van der Waals surface area contributed by atoms with Gasteiger partial charge in [-0.2, -0.15) is 0 Å². The summed E-state index contributed by atoms with van der Waals surface area (Å²) in [7, 11) is 0. The maximum absolute atomic E-state index is 9.44. The average molecular weight is 220 g/mol. The van der Waals surface area contributed by atoms with Crippen molar-refractivity contribution in [3.05, 3.63) is 29.3 Å². The van der Waals surface area contributed by atoms with Crippen LogP contribution in [-0.2, 0) is 0 Å². The first-order chi connectivity index (χ1) is 7.65. The first-order valence-corrected chi connectivity index (χ1v) is 6.07. The topological polar surface area (TPSA) is 29.5 Å². The largest absolute Gasteiger partial charge is 0.490 e. The smallest absolute Gasteiger partial charge is 0.122 e. The standard InChI is InChI=1S/C14H20O2/c1-10-3-4-11(2)14(9-10)16-13-7-5-12(15)6-8-13/h3-4,9,12-13,15H,5-8H2,1-2H3. The van der Waals surface area contributed by atoms with Crippen LogP contribution in [-0.4, -0.2) is 17.3 Å². The molecular formula is C14H20O2. The van der Waals surface area contributed by atoms with Crippen molar-refractivity contribution in [2.45, 2.75) is 51.7 Å². The lowest BCUT2D eigenvalue weighted by molar-refractivity contribution is 0.0662. The van der Waals surface area contributed by atoms with Gasteiger partial charge in [0, 0.05) is 0 Å². The first-order valence-electron chi connectivity index (χ1n) is 6.07. The summed E-state index contributed by atoms with van der Waals surface area (Å²) >= 11 is 0. The van der Waals surface area contributed by atoms with E-state index in [1.807, 2.05) is 0 Å². The molecule has 1 aromatic rings. The highest BCUT2D eigenvalue weighted by atomic mass is 16.5. The van der Waals surface area contributed by atoms with Crippen molar-refractivity contribution in [3.63, 3.8) is 0 Å². The van der Waals surface area contributed by atoms with E-state index >= 15 is 0 Å². The lowest BCUT2D eigenvalue weighted by atomic mass is 9.95. The van der Waals surface area contributed by atoms with E-state index in [9.17, 15) is 5.11 Å². The molecule has 1 saturated carbocycles. The molecule has 0 saturated heterocycles. The Hall–Kier alpha value is -1.02. The van der Waals surface area contributed by atoms with Crippen molar-refractivity contribution in [1.29, 1.82) is 0 Å². The second kappa shape index (κ2) is 4.88. The molecule has 0 aromatic heterocycles. The minimum atomic E-state index is -0.113. The van der Waals surface area contributed by atoms with Gasteiger partial charge in [0.15, 0.2) is 0 Å². The number of hydrogen-bond donors (Lipinski definition) is 1. The van der Waals surface area contributed by atoms with Crippen molar-refractivity contribution in [2.24, 2.45) is 0 Å². The molecule has 1 aromatic carbocycles.